The first-order chi connectivity index (χ1) is 9.77. The van der Waals surface area contributed by atoms with Crippen LogP contribution in [0.5, 0.6) is 0 Å². The van der Waals surface area contributed by atoms with E-state index < -0.39 is 11.6 Å². The molecule has 0 radical (unpaired) electrons. The van der Waals surface area contributed by atoms with Gasteiger partial charge in [0.15, 0.2) is 0 Å². The molecule has 0 aromatic heterocycles. The Labute approximate surface area is 123 Å². The number of anilines is 1. The predicted molar refractivity (Wildman–Crippen MR) is 78.3 cm³/mol. The SMILES string of the molecule is CC(C)(C)N1CCN(C(=O)Nc2ccc(F)cc2F)CC1. The Morgan fingerprint density at radius 1 is 1.14 bits per heavy atom. The summed E-state index contributed by atoms with van der Waals surface area (Å²) in [6, 6.07) is 2.76. The van der Waals surface area contributed by atoms with E-state index in [1.165, 1.54) is 6.07 Å². The second kappa shape index (κ2) is 5.97. The van der Waals surface area contributed by atoms with E-state index in [0.717, 1.165) is 25.2 Å². The molecule has 2 rings (SSSR count). The van der Waals surface area contributed by atoms with Gasteiger partial charge in [0.05, 0.1) is 5.69 Å². The Morgan fingerprint density at radius 2 is 1.76 bits per heavy atom. The summed E-state index contributed by atoms with van der Waals surface area (Å²) in [5.41, 5.74) is 0.0747. The van der Waals surface area contributed by atoms with Gasteiger partial charge in [-0.05, 0) is 32.9 Å². The van der Waals surface area contributed by atoms with Crippen LogP contribution >= 0.6 is 0 Å². The topological polar surface area (TPSA) is 35.6 Å². The number of halogens is 2. The zero-order valence-corrected chi connectivity index (χ0v) is 12.6. The zero-order valence-electron chi connectivity index (χ0n) is 12.6. The third-order valence-electron chi connectivity index (χ3n) is 3.69. The number of nitrogens with one attached hydrogen (secondary N) is 1. The molecule has 0 atom stereocenters. The molecule has 1 aromatic carbocycles. The van der Waals surface area contributed by atoms with E-state index >= 15 is 0 Å². The summed E-state index contributed by atoms with van der Waals surface area (Å²) in [5, 5.41) is 2.49. The first kappa shape index (κ1) is 15.7. The summed E-state index contributed by atoms with van der Waals surface area (Å²) < 4.78 is 26.3. The second-order valence-electron chi connectivity index (χ2n) is 6.20. The fourth-order valence-electron chi connectivity index (χ4n) is 2.37. The summed E-state index contributed by atoms with van der Waals surface area (Å²) in [7, 11) is 0. The quantitative estimate of drug-likeness (QED) is 0.865. The molecule has 1 fully saturated rings. The van der Waals surface area contributed by atoms with Crippen molar-refractivity contribution in [1.82, 2.24) is 9.80 Å². The van der Waals surface area contributed by atoms with Crippen LogP contribution in [0.25, 0.3) is 0 Å². The van der Waals surface area contributed by atoms with E-state index in [1.807, 2.05) is 0 Å². The first-order valence-corrected chi connectivity index (χ1v) is 7.03. The van der Waals surface area contributed by atoms with Crippen molar-refractivity contribution in [2.24, 2.45) is 0 Å². The van der Waals surface area contributed by atoms with Crippen molar-refractivity contribution >= 4 is 11.7 Å². The maximum atomic E-state index is 13.5. The third kappa shape index (κ3) is 3.91. The molecule has 0 unspecified atom stereocenters. The van der Waals surface area contributed by atoms with Crippen LogP contribution in [0.2, 0.25) is 0 Å². The van der Waals surface area contributed by atoms with Gasteiger partial charge in [-0.2, -0.15) is 0 Å². The van der Waals surface area contributed by atoms with E-state index in [-0.39, 0.29) is 17.3 Å². The average Bonchev–Trinajstić information content (AvgIpc) is 2.41. The van der Waals surface area contributed by atoms with Gasteiger partial charge in [-0.25, -0.2) is 13.6 Å². The van der Waals surface area contributed by atoms with Gasteiger partial charge in [0, 0.05) is 37.8 Å². The lowest BCUT2D eigenvalue weighted by Crippen LogP contribution is -2.55. The van der Waals surface area contributed by atoms with E-state index in [1.54, 1.807) is 4.90 Å². The number of rotatable bonds is 1. The largest absolute Gasteiger partial charge is 0.322 e. The van der Waals surface area contributed by atoms with E-state index in [2.05, 4.69) is 31.0 Å². The third-order valence-corrected chi connectivity index (χ3v) is 3.69. The summed E-state index contributed by atoms with van der Waals surface area (Å²) in [4.78, 5) is 16.0. The van der Waals surface area contributed by atoms with E-state index in [4.69, 9.17) is 0 Å². The summed E-state index contributed by atoms with van der Waals surface area (Å²) in [6.45, 7) is 9.15. The molecule has 1 N–H and O–H groups in total. The molecule has 1 aliphatic rings. The van der Waals surface area contributed by atoms with E-state index in [9.17, 15) is 13.6 Å². The average molecular weight is 297 g/mol. The van der Waals surface area contributed by atoms with Crippen LogP contribution in [-0.2, 0) is 0 Å². The molecule has 6 heteroatoms. The fourth-order valence-corrected chi connectivity index (χ4v) is 2.37. The summed E-state index contributed by atoms with van der Waals surface area (Å²) in [5.74, 6) is -1.43. The van der Waals surface area contributed by atoms with E-state index in [0.29, 0.717) is 13.1 Å². The standard InChI is InChI=1S/C15H21F2N3O/c1-15(2,3)20-8-6-19(7-9-20)14(21)18-13-5-4-11(16)10-12(13)17/h4-5,10H,6-9H2,1-3H3,(H,18,21). The smallest absolute Gasteiger partial charge is 0.322 e. The fraction of sp³-hybridized carbons (Fsp3) is 0.533. The molecule has 1 aromatic rings. The Hall–Kier alpha value is -1.69. The van der Waals surface area contributed by atoms with Crippen LogP contribution in [0.15, 0.2) is 18.2 Å². The van der Waals surface area contributed by atoms with Gasteiger partial charge in [-0.3, -0.25) is 4.90 Å². The number of hydrogen-bond donors (Lipinski definition) is 1. The van der Waals surface area contributed by atoms with Gasteiger partial charge in [-0.1, -0.05) is 0 Å². The number of benzene rings is 1. The van der Waals surface area contributed by atoms with Crippen LogP contribution in [0.1, 0.15) is 20.8 Å². The maximum Gasteiger partial charge on any atom is 0.322 e. The molecule has 2 amide bonds. The molecule has 4 nitrogen and oxygen atoms in total. The highest BCUT2D eigenvalue weighted by Gasteiger charge is 2.27. The molecular weight excluding hydrogens is 276 g/mol. The van der Waals surface area contributed by atoms with Crippen molar-refractivity contribution in [3.63, 3.8) is 0 Å². The van der Waals surface area contributed by atoms with Crippen molar-refractivity contribution < 1.29 is 13.6 Å². The summed E-state index contributed by atoms with van der Waals surface area (Å²) in [6.07, 6.45) is 0. The second-order valence-corrected chi connectivity index (χ2v) is 6.20. The molecule has 0 saturated carbocycles. The Balaban J connectivity index is 1.93. The lowest BCUT2D eigenvalue weighted by Gasteiger charge is -2.42. The minimum absolute atomic E-state index is 0.000323. The van der Waals surface area contributed by atoms with Gasteiger partial charge in [0.2, 0.25) is 0 Å². The van der Waals surface area contributed by atoms with Crippen LogP contribution in [0, 0.1) is 11.6 Å². The molecule has 21 heavy (non-hydrogen) atoms. The molecule has 0 spiro atoms. The predicted octanol–water partition coefficient (Wildman–Crippen LogP) is 2.91. The molecule has 1 heterocycles. The van der Waals surface area contributed by atoms with Crippen LogP contribution in [0.4, 0.5) is 19.3 Å². The first-order valence-electron chi connectivity index (χ1n) is 7.03. The number of nitrogens with zero attached hydrogens (tertiary/aromatic N) is 2. The number of carbonyl (C=O) groups is 1. The van der Waals surface area contributed by atoms with Gasteiger partial charge < -0.3 is 10.2 Å². The van der Waals surface area contributed by atoms with Crippen LogP contribution in [-0.4, -0.2) is 47.5 Å². The molecule has 1 saturated heterocycles. The van der Waals surface area contributed by atoms with Crippen LogP contribution < -0.4 is 5.32 Å². The Kier molecular flexibility index (Phi) is 4.46. The van der Waals surface area contributed by atoms with Crippen LogP contribution in [0.3, 0.4) is 0 Å². The maximum absolute atomic E-state index is 13.5. The number of hydrogen-bond acceptors (Lipinski definition) is 2. The molecular formula is C15H21F2N3O. The number of amides is 2. The highest BCUT2D eigenvalue weighted by atomic mass is 19.1. The van der Waals surface area contributed by atoms with Crippen molar-refractivity contribution in [3.8, 4) is 0 Å². The molecule has 116 valence electrons. The van der Waals surface area contributed by atoms with Crippen molar-refractivity contribution in [3.05, 3.63) is 29.8 Å². The minimum Gasteiger partial charge on any atom is -0.322 e. The van der Waals surface area contributed by atoms with Gasteiger partial charge in [0.25, 0.3) is 0 Å². The van der Waals surface area contributed by atoms with Crippen molar-refractivity contribution in [2.45, 2.75) is 26.3 Å². The Bertz CT molecular complexity index is 520. The van der Waals surface area contributed by atoms with Crippen molar-refractivity contribution in [1.29, 1.82) is 0 Å². The normalized spacial score (nSPS) is 16.9. The minimum atomic E-state index is -0.767. The lowest BCUT2D eigenvalue weighted by atomic mass is 10.1. The molecule has 1 aliphatic heterocycles. The number of carbonyl (C=O) groups excluding carboxylic acids is 1. The molecule has 0 bridgehead atoms. The van der Waals surface area contributed by atoms with Gasteiger partial charge in [-0.15, -0.1) is 0 Å². The lowest BCUT2D eigenvalue weighted by molar-refractivity contribution is 0.0774. The highest BCUT2D eigenvalue weighted by Crippen LogP contribution is 2.18. The zero-order chi connectivity index (χ0) is 15.6. The summed E-state index contributed by atoms with van der Waals surface area (Å²) >= 11 is 0. The van der Waals surface area contributed by atoms with Gasteiger partial charge >= 0.3 is 6.03 Å². The van der Waals surface area contributed by atoms with Crippen molar-refractivity contribution in [2.75, 3.05) is 31.5 Å². The molecule has 0 aliphatic carbocycles. The number of urea groups is 1. The monoisotopic (exact) mass is 297 g/mol. The highest BCUT2D eigenvalue weighted by molar-refractivity contribution is 5.89. The number of piperazine rings is 1. The van der Waals surface area contributed by atoms with Gasteiger partial charge in [0.1, 0.15) is 11.6 Å². The Morgan fingerprint density at radius 3 is 2.29 bits per heavy atom.